The highest BCUT2D eigenvalue weighted by Crippen LogP contribution is 2.48. The number of rotatable bonds is 3. The van der Waals surface area contributed by atoms with Gasteiger partial charge in [0, 0.05) is 7.05 Å². The highest BCUT2D eigenvalue weighted by molar-refractivity contribution is 5.85. The molecule has 1 aromatic heterocycles. The molecule has 1 fully saturated rings. The quantitative estimate of drug-likeness (QED) is 0.688. The molecule has 0 aliphatic heterocycles. The molecule has 0 amide bonds. The molecule has 1 aromatic rings. The Labute approximate surface area is 88.4 Å². The van der Waals surface area contributed by atoms with Gasteiger partial charge < -0.3 is 9.30 Å². The molecular formula is C10H15N3O2. The summed E-state index contributed by atoms with van der Waals surface area (Å²) in [5.74, 6) is 1.39. The molecule has 0 atom stereocenters. The van der Waals surface area contributed by atoms with Crippen LogP contribution in [0.25, 0.3) is 0 Å². The van der Waals surface area contributed by atoms with E-state index >= 15 is 0 Å². The van der Waals surface area contributed by atoms with Crippen molar-refractivity contribution in [2.45, 2.75) is 32.1 Å². The van der Waals surface area contributed by atoms with Gasteiger partial charge in [-0.1, -0.05) is 0 Å². The van der Waals surface area contributed by atoms with Gasteiger partial charge in [0.2, 0.25) is 0 Å². The molecule has 0 spiro atoms. The highest BCUT2D eigenvalue weighted by atomic mass is 16.5. The molecule has 1 aliphatic carbocycles. The first kappa shape index (κ1) is 10.1. The first-order chi connectivity index (χ1) is 7.12. The van der Waals surface area contributed by atoms with Gasteiger partial charge in [0.1, 0.15) is 17.1 Å². The first-order valence-corrected chi connectivity index (χ1v) is 5.15. The minimum atomic E-state index is -0.508. The lowest BCUT2D eigenvalue weighted by atomic mass is 10.1. The number of carbonyl (C=O) groups is 1. The van der Waals surface area contributed by atoms with Crippen LogP contribution in [0.5, 0.6) is 0 Å². The van der Waals surface area contributed by atoms with Crippen LogP contribution in [0, 0.1) is 6.92 Å². The average molecular weight is 209 g/mol. The van der Waals surface area contributed by atoms with E-state index in [0.717, 1.165) is 24.5 Å². The van der Waals surface area contributed by atoms with Crippen molar-refractivity contribution >= 4 is 5.97 Å². The van der Waals surface area contributed by atoms with Crippen LogP contribution in [0.3, 0.4) is 0 Å². The molecule has 1 saturated carbocycles. The third kappa shape index (κ3) is 1.42. The number of esters is 1. The van der Waals surface area contributed by atoms with Gasteiger partial charge in [0.05, 0.1) is 6.61 Å². The number of aromatic nitrogens is 3. The van der Waals surface area contributed by atoms with Crippen LogP contribution in [0.2, 0.25) is 0 Å². The zero-order valence-electron chi connectivity index (χ0n) is 9.28. The monoisotopic (exact) mass is 209 g/mol. The van der Waals surface area contributed by atoms with E-state index in [1.165, 1.54) is 0 Å². The maximum Gasteiger partial charge on any atom is 0.319 e. The molecular weight excluding hydrogens is 194 g/mol. The summed E-state index contributed by atoms with van der Waals surface area (Å²) in [6.07, 6.45) is 1.63. The van der Waals surface area contributed by atoms with Crippen LogP contribution >= 0.6 is 0 Å². The van der Waals surface area contributed by atoms with Gasteiger partial charge in [0.25, 0.3) is 0 Å². The third-order valence-electron chi connectivity index (χ3n) is 2.94. The fraction of sp³-hybridized carbons (Fsp3) is 0.700. The zero-order valence-corrected chi connectivity index (χ0v) is 9.28. The van der Waals surface area contributed by atoms with Gasteiger partial charge in [-0.2, -0.15) is 0 Å². The Morgan fingerprint density at radius 3 is 2.60 bits per heavy atom. The standard InChI is InChI=1S/C10H15N3O2/c1-4-15-9(14)10(5-6-10)8-12-11-7(2)13(8)3/h4-6H2,1-3H3. The van der Waals surface area contributed by atoms with Crippen molar-refractivity contribution < 1.29 is 9.53 Å². The summed E-state index contributed by atoms with van der Waals surface area (Å²) < 4.78 is 6.93. The van der Waals surface area contributed by atoms with Crippen molar-refractivity contribution in [2.75, 3.05) is 6.61 Å². The van der Waals surface area contributed by atoms with Crippen molar-refractivity contribution in [1.82, 2.24) is 14.8 Å². The Balaban J connectivity index is 2.30. The predicted molar refractivity (Wildman–Crippen MR) is 53.3 cm³/mol. The summed E-state index contributed by atoms with van der Waals surface area (Å²) in [5.41, 5.74) is -0.508. The molecule has 0 bridgehead atoms. The van der Waals surface area contributed by atoms with Crippen molar-refractivity contribution in [2.24, 2.45) is 7.05 Å². The van der Waals surface area contributed by atoms with Crippen molar-refractivity contribution in [3.63, 3.8) is 0 Å². The molecule has 5 heteroatoms. The highest BCUT2D eigenvalue weighted by Gasteiger charge is 2.56. The maximum absolute atomic E-state index is 11.8. The normalized spacial score (nSPS) is 17.5. The summed E-state index contributed by atoms with van der Waals surface area (Å²) >= 11 is 0. The third-order valence-corrected chi connectivity index (χ3v) is 2.94. The molecule has 2 rings (SSSR count). The van der Waals surface area contributed by atoms with E-state index in [2.05, 4.69) is 10.2 Å². The van der Waals surface area contributed by atoms with Crippen molar-refractivity contribution in [3.05, 3.63) is 11.6 Å². The molecule has 82 valence electrons. The summed E-state index contributed by atoms with van der Waals surface area (Å²) in [4.78, 5) is 11.8. The first-order valence-electron chi connectivity index (χ1n) is 5.15. The van der Waals surface area contributed by atoms with E-state index in [4.69, 9.17) is 4.74 Å². The summed E-state index contributed by atoms with van der Waals surface area (Å²) in [5, 5.41) is 8.04. The Hall–Kier alpha value is -1.39. The van der Waals surface area contributed by atoms with E-state index < -0.39 is 5.41 Å². The maximum atomic E-state index is 11.8. The molecule has 0 N–H and O–H groups in total. The number of nitrogens with zero attached hydrogens (tertiary/aromatic N) is 3. The second-order valence-corrected chi connectivity index (χ2v) is 3.93. The Morgan fingerprint density at radius 1 is 1.53 bits per heavy atom. The van der Waals surface area contributed by atoms with Crippen LogP contribution in [0.15, 0.2) is 0 Å². The molecule has 0 unspecified atom stereocenters. The molecule has 1 aliphatic rings. The largest absolute Gasteiger partial charge is 0.465 e. The molecule has 0 aromatic carbocycles. The van der Waals surface area contributed by atoms with Gasteiger partial charge in [0.15, 0.2) is 0 Å². The minimum absolute atomic E-state index is 0.166. The average Bonchev–Trinajstić information content (AvgIpc) is 2.93. The Bertz CT molecular complexity index is 393. The number of hydrogen-bond donors (Lipinski definition) is 0. The lowest BCUT2D eigenvalue weighted by Crippen LogP contribution is -2.26. The molecule has 0 saturated heterocycles. The number of aryl methyl sites for hydroxylation is 1. The zero-order chi connectivity index (χ0) is 11.1. The lowest BCUT2D eigenvalue weighted by Gasteiger charge is -2.12. The number of hydrogen-bond acceptors (Lipinski definition) is 4. The van der Waals surface area contributed by atoms with Crippen molar-refractivity contribution in [3.8, 4) is 0 Å². The van der Waals surface area contributed by atoms with Crippen LogP contribution in [-0.4, -0.2) is 27.3 Å². The van der Waals surface area contributed by atoms with Crippen LogP contribution in [-0.2, 0) is 22.0 Å². The number of carbonyl (C=O) groups excluding carboxylic acids is 1. The van der Waals surface area contributed by atoms with Crippen LogP contribution < -0.4 is 0 Å². The SMILES string of the molecule is CCOC(=O)C1(c2nnc(C)n2C)CC1. The van der Waals surface area contributed by atoms with Crippen molar-refractivity contribution in [1.29, 1.82) is 0 Å². The second-order valence-electron chi connectivity index (χ2n) is 3.93. The fourth-order valence-electron chi connectivity index (χ4n) is 1.74. The van der Waals surface area contributed by atoms with E-state index in [9.17, 15) is 4.79 Å². The summed E-state index contributed by atoms with van der Waals surface area (Å²) in [6.45, 7) is 4.10. The van der Waals surface area contributed by atoms with E-state index in [-0.39, 0.29) is 5.97 Å². The molecule has 1 heterocycles. The second kappa shape index (κ2) is 3.32. The number of ether oxygens (including phenoxy) is 1. The topological polar surface area (TPSA) is 57.0 Å². The van der Waals surface area contributed by atoms with Gasteiger partial charge in [-0.25, -0.2) is 0 Å². The predicted octanol–water partition coefficient (Wildman–Crippen LogP) is 0.718. The van der Waals surface area contributed by atoms with Gasteiger partial charge >= 0.3 is 5.97 Å². The Morgan fingerprint density at radius 2 is 2.20 bits per heavy atom. The van der Waals surface area contributed by atoms with Gasteiger partial charge in [-0.15, -0.1) is 10.2 Å². The van der Waals surface area contributed by atoms with E-state index in [1.807, 2.05) is 25.5 Å². The van der Waals surface area contributed by atoms with Crippen LogP contribution in [0.4, 0.5) is 0 Å². The Kier molecular flexibility index (Phi) is 2.25. The molecule has 0 radical (unpaired) electrons. The molecule has 15 heavy (non-hydrogen) atoms. The van der Waals surface area contributed by atoms with E-state index in [1.54, 1.807) is 0 Å². The fourth-order valence-corrected chi connectivity index (χ4v) is 1.74. The minimum Gasteiger partial charge on any atom is -0.465 e. The van der Waals surface area contributed by atoms with Gasteiger partial charge in [-0.05, 0) is 26.7 Å². The summed E-state index contributed by atoms with van der Waals surface area (Å²) in [7, 11) is 1.88. The molecule has 5 nitrogen and oxygen atoms in total. The van der Waals surface area contributed by atoms with Crippen LogP contribution in [0.1, 0.15) is 31.4 Å². The smallest absolute Gasteiger partial charge is 0.319 e. The lowest BCUT2D eigenvalue weighted by molar-refractivity contribution is -0.146. The van der Waals surface area contributed by atoms with Gasteiger partial charge in [-0.3, -0.25) is 4.79 Å². The van der Waals surface area contributed by atoms with E-state index in [0.29, 0.717) is 6.61 Å². The summed E-state index contributed by atoms with van der Waals surface area (Å²) in [6, 6.07) is 0.